The lowest BCUT2D eigenvalue weighted by Crippen LogP contribution is -1.81. The summed E-state index contributed by atoms with van der Waals surface area (Å²) < 4.78 is 0. The third kappa shape index (κ3) is 1.89. The Kier molecular flexibility index (Phi) is 2.70. The Morgan fingerprint density at radius 2 is 1.93 bits per heavy atom. The van der Waals surface area contributed by atoms with Gasteiger partial charge in [0, 0.05) is 15.8 Å². The maximum atomic E-state index is 11.0. The molecule has 0 N–H and O–H groups in total. The predicted molar refractivity (Wildman–Crippen MR) is 63.1 cm³/mol. The van der Waals surface area contributed by atoms with Gasteiger partial charge >= 0.3 is 0 Å². The fraction of sp³-hybridized carbons (Fsp3) is 0. The standard InChI is InChI=1S/C11H8OS2/c12-11(13)9-6-10(14-7-9)8-4-2-1-3-5-8/h1-7H,(H,12,13). The van der Waals surface area contributed by atoms with Gasteiger partial charge < -0.3 is 0 Å². The zero-order chi connectivity index (χ0) is 9.97. The molecule has 0 aliphatic rings. The van der Waals surface area contributed by atoms with Crippen molar-refractivity contribution in [2.45, 2.75) is 0 Å². The molecule has 14 heavy (non-hydrogen) atoms. The van der Waals surface area contributed by atoms with Crippen LogP contribution in [0, 0.1) is 0 Å². The third-order valence-corrected chi connectivity index (χ3v) is 3.14. The first-order valence-corrected chi connectivity index (χ1v) is 5.47. The minimum absolute atomic E-state index is 0.177. The SMILES string of the molecule is O=C(S)c1csc(-c2ccccc2)c1. The lowest BCUT2D eigenvalue weighted by molar-refractivity contribution is 0.109. The van der Waals surface area contributed by atoms with Gasteiger partial charge in [-0.15, -0.1) is 24.0 Å². The molecule has 1 heterocycles. The van der Waals surface area contributed by atoms with Crippen LogP contribution in [0.3, 0.4) is 0 Å². The van der Waals surface area contributed by atoms with Crippen LogP contribution < -0.4 is 0 Å². The van der Waals surface area contributed by atoms with E-state index in [0.29, 0.717) is 5.56 Å². The molecule has 0 amide bonds. The van der Waals surface area contributed by atoms with Crippen molar-refractivity contribution in [2.75, 3.05) is 0 Å². The number of carbonyl (C=O) groups excluding carboxylic acids is 1. The van der Waals surface area contributed by atoms with Crippen molar-refractivity contribution >= 4 is 29.1 Å². The van der Waals surface area contributed by atoms with E-state index < -0.39 is 0 Å². The van der Waals surface area contributed by atoms with Crippen molar-refractivity contribution in [1.82, 2.24) is 0 Å². The summed E-state index contributed by atoms with van der Waals surface area (Å²) in [5.74, 6) is 0. The summed E-state index contributed by atoms with van der Waals surface area (Å²) in [6, 6.07) is 11.9. The van der Waals surface area contributed by atoms with Gasteiger partial charge in [0.25, 0.3) is 0 Å². The number of benzene rings is 1. The molecule has 1 aromatic carbocycles. The molecule has 2 aromatic rings. The molecule has 2 rings (SSSR count). The molecule has 1 nitrogen and oxygen atoms in total. The van der Waals surface area contributed by atoms with E-state index in [1.807, 2.05) is 41.8 Å². The van der Waals surface area contributed by atoms with Crippen LogP contribution in [0.25, 0.3) is 10.4 Å². The summed E-state index contributed by atoms with van der Waals surface area (Å²) in [6.45, 7) is 0. The van der Waals surface area contributed by atoms with E-state index in [1.54, 1.807) is 11.3 Å². The normalized spacial score (nSPS) is 10.1. The molecule has 3 heteroatoms. The highest BCUT2D eigenvalue weighted by atomic mass is 32.1. The first-order valence-electron chi connectivity index (χ1n) is 4.14. The average Bonchev–Trinajstić information content (AvgIpc) is 2.68. The van der Waals surface area contributed by atoms with E-state index in [4.69, 9.17) is 0 Å². The Balaban J connectivity index is 2.39. The summed E-state index contributed by atoms with van der Waals surface area (Å²) in [4.78, 5) is 12.1. The summed E-state index contributed by atoms with van der Waals surface area (Å²) in [5, 5.41) is 1.65. The first kappa shape index (κ1) is 9.49. The molecule has 0 aliphatic carbocycles. The summed E-state index contributed by atoms with van der Waals surface area (Å²) >= 11 is 5.34. The topological polar surface area (TPSA) is 17.1 Å². The van der Waals surface area contributed by atoms with Crippen molar-refractivity contribution in [2.24, 2.45) is 0 Å². The highest BCUT2D eigenvalue weighted by Gasteiger charge is 2.05. The van der Waals surface area contributed by atoms with Crippen LogP contribution in [0.15, 0.2) is 41.8 Å². The molecule has 0 aliphatic heterocycles. The van der Waals surface area contributed by atoms with Crippen molar-refractivity contribution in [3.63, 3.8) is 0 Å². The van der Waals surface area contributed by atoms with Gasteiger partial charge in [0.05, 0.1) is 0 Å². The zero-order valence-electron chi connectivity index (χ0n) is 7.31. The molecule has 0 fully saturated rings. The van der Waals surface area contributed by atoms with Crippen LogP contribution in [0.2, 0.25) is 0 Å². The van der Waals surface area contributed by atoms with Gasteiger partial charge in [-0.25, -0.2) is 0 Å². The van der Waals surface area contributed by atoms with Gasteiger partial charge in [0.15, 0.2) is 0 Å². The second-order valence-electron chi connectivity index (χ2n) is 2.87. The smallest absolute Gasteiger partial charge is 0.217 e. The second-order valence-corrected chi connectivity index (χ2v) is 4.19. The van der Waals surface area contributed by atoms with Gasteiger partial charge in [0.1, 0.15) is 0 Å². The quantitative estimate of drug-likeness (QED) is 0.767. The van der Waals surface area contributed by atoms with Crippen LogP contribution in [0.4, 0.5) is 0 Å². The molecule has 0 bridgehead atoms. The molecular weight excluding hydrogens is 212 g/mol. The number of thiol groups is 1. The van der Waals surface area contributed by atoms with Crippen LogP contribution in [-0.2, 0) is 0 Å². The lowest BCUT2D eigenvalue weighted by Gasteiger charge is -1.93. The number of carbonyl (C=O) groups is 1. The third-order valence-electron chi connectivity index (χ3n) is 1.90. The fourth-order valence-electron chi connectivity index (χ4n) is 1.20. The van der Waals surface area contributed by atoms with Crippen molar-refractivity contribution in [3.8, 4) is 10.4 Å². The zero-order valence-corrected chi connectivity index (χ0v) is 9.02. The molecular formula is C11H8OS2. The average molecular weight is 220 g/mol. The maximum Gasteiger partial charge on any atom is 0.217 e. The van der Waals surface area contributed by atoms with Gasteiger partial charge in [-0.3, -0.25) is 4.79 Å². The van der Waals surface area contributed by atoms with E-state index in [2.05, 4.69) is 12.6 Å². The fourth-order valence-corrected chi connectivity index (χ4v) is 2.31. The highest BCUT2D eigenvalue weighted by molar-refractivity contribution is 7.97. The van der Waals surface area contributed by atoms with Gasteiger partial charge in [-0.05, 0) is 11.6 Å². The number of thiophene rings is 1. The van der Waals surface area contributed by atoms with Gasteiger partial charge in [-0.2, -0.15) is 0 Å². The molecule has 0 spiro atoms. The second kappa shape index (κ2) is 3.98. The monoisotopic (exact) mass is 220 g/mol. The van der Waals surface area contributed by atoms with E-state index in [0.717, 1.165) is 10.4 Å². The Hall–Kier alpha value is -1.06. The Bertz CT molecular complexity index is 445. The Morgan fingerprint density at radius 3 is 2.50 bits per heavy atom. The van der Waals surface area contributed by atoms with Gasteiger partial charge in [0.2, 0.25) is 5.12 Å². The summed E-state index contributed by atoms with van der Waals surface area (Å²) in [5.41, 5.74) is 1.80. The molecule has 0 unspecified atom stereocenters. The van der Waals surface area contributed by atoms with Crippen molar-refractivity contribution < 1.29 is 4.79 Å². The highest BCUT2D eigenvalue weighted by Crippen LogP contribution is 2.27. The first-order chi connectivity index (χ1) is 6.77. The van der Waals surface area contributed by atoms with Gasteiger partial charge in [-0.1, -0.05) is 30.3 Å². The van der Waals surface area contributed by atoms with E-state index in [9.17, 15) is 4.79 Å². The Morgan fingerprint density at radius 1 is 1.21 bits per heavy atom. The molecule has 70 valence electrons. The summed E-state index contributed by atoms with van der Waals surface area (Å²) in [7, 11) is 0. The minimum atomic E-state index is -0.177. The lowest BCUT2D eigenvalue weighted by atomic mass is 10.2. The largest absolute Gasteiger partial charge is 0.282 e. The molecule has 0 saturated carbocycles. The maximum absolute atomic E-state index is 11.0. The van der Waals surface area contributed by atoms with Crippen molar-refractivity contribution in [1.29, 1.82) is 0 Å². The number of rotatable bonds is 2. The minimum Gasteiger partial charge on any atom is -0.282 e. The van der Waals surface area contributed by atoms with E-state index in [1.165, 1.54) is 0 Å². The van der Waals surface area contributed by atoms with E-state index >= 15 is 0 Å². The molecule has 0 saturated heterocycles. The van der Waals surface area contributed by atoms with Crippen LogP contribution in [0.1, 0.15) is 10.4 Å². The molecule has 0 radical (unpaired) electrons. The number of hydrogen-bond acceptors (Lipinski definition) is 2. The summed E-state index contributed by atoms with van der Waals surface area (Å²) in [6.07, 6.45) is 0. The van der Waals surface area contributed by atoms with Crippen LogP contribution in [-0.4, -0.2) is 5.12 Å². The van der Waals surface area contributed by atoms with Crippen molar-refractivity contribution in [3.05, 3.63) is 47.3 Å². The number of hydrogen-bond donors (Lipinski definition) is 1. The predicted octanol–water partition coefficient (Wildman–Crippen LogP) is 3.49. The molecule has 1 aromatic heterocycles. The van der Waals surface area contributed by atoms with Crippen LogP contribution >= 0.6 is 24.0 Å². The Labute approximate surface area is 91.8 Å². The van der Waals surface area contributed by atoms with Crippen LogP contribution in [0.5, 0.6) is 0 Å². The molecule has 0 atom stereocenters. The van der Waals surface area contributed by atoms with E-state index in [-0.39, 0.29) is 5.12 Å².